The van der Waals surface area contributed by atoms with Gasteiger partial charge in [-0.2, -0.15) is 13.2 Å². The number of hydrogen-bond donors (Lipinski definition) is 0. The van der Waals surface area contributed by atoms with Gasteiger partial charge in [-0.05, 0) is 44.2 Å². The summed E-state index contributed by atoms with van der Waals surface area (Å²) in [4.78, 5) is 15.3. The van der Waals surface area contributed by atoms with Crippen LogP contribution in [0.25, 0.3) is 0 Å². The molecular weight excluding hydrogens is 283 g/mol. The average molecular weight is 299 g/mol. The van der Waals surface area contributed by atoms with Gasteiger partial charge in [0, 0.05) is 0 Å². The Hall–Kier alpha value is -1.85. The molecule has 0 N–H and O–H groups in total. The SMILES string of the molecule is Cc1nc(C(F)(F)F)ccc1C(=O)OCC1CC=CCC1. The lowest BCUT2D eigenvalue weighted by molar-refractivity contribution is -0.141. The van der Waals surface area contributed by atoms with Gasteiger partial charge in [0.25, 0.3) is 0 Å². The van der Waals surface area contributed by atoms with Crippen LogP contribution in [0.2, 0.25) is 0 Å². The zero-order chi connectivity index (χ0) is 15.5. The van der Waals surface area contributed by atoms with E-state index < -0.39 is 17.8 Å². The maximum atomic E-state index is 12.5. The molecule has 0 bridgehead atoms. The van der Waals surface area contributed by atoms with Crippen molar-refractivity contribution in [2.75, 3.05) is 6.61 Å². The highest BCUT2D eigenvalue weighted by Gasteiger charge is 2.33. The molecule has 1 aliphatic carbocycles. The number of allylic oxidation sites excluding steroid dienone is 2. The fourth-order valence-electron chi connectivity index (χ4n) is 2.21. The van der Waals surface area contributed by atoms with Crippen LogP contribution in [0.15, 0.2) is 24.3 Å². The predicted octanol–water partition coefficient (Wildman–Crippen LogP) is 3.92. The summed E-state index contributed by atoms with van der Waals surface area (Å²) in [5.74, 6) is -0.343. The van der Waals surface area contributed by atoms with Gasteiger partial charge in [0.2, 0.25) is 0 Å². The fourth-order valence-corrected chi connectivity index (χ4v) is 2.21. The zero-order valence-corrected chi connectivity index (χ0v) is 11.6. The first kappa shape index (κ1) is 15.5. The molecule has 2 rings (SSSR count). The molecule has 1 unspecified atom stereocenters. The van der Waals surface area contributed by atoms with Crippen LogP contribution in [0.1, 0.15) is 41.0 Å². The molecule has 1 heterocycles. The van der Waals surface area contributed by atoms with E-state index in [0.717, 1.165) is 31.4 Å². The number of hydrogen-bond acceptors (Lipinski definition) is 3. The number of carbonyl (C=O) groups is 1. The van der Waals surface area contributed by atoms with Crippen molar-refractivity contribution in [2.45, 2.75) is 32.4 Å². The molecule has 0 saturated carbocycles. The van der Waals surface area contributed by atoms with Gasteiger partial charge in [-0.15, -0.1) is 0 Å². The maximum absolute atomic E-state index is 12.5. The van der Waals surface area contributed by atoms with E-state index in [2.05, 4.69) is 11.1 Å². The van der Waals surface area contributed by atoms with Crippen molar-refractivity contribution in [1.29, 1.82) is 0 Å². The molecule has 0 spiro atoms. The van der Waals surface area contributed by atoms with Gasteiger partial charge >= 0.3 is 12.1 Å². The predicted molar refractivity (Wildman–Crippen MR) is 70.7 cm³/mol. The Kier molecular flexibility index (Phi) is 4.65. The molecule has 0 fully saturated rings. The van der Waals surface area contributed by atoms with E-state index in [1.165, 1.54) is 6.92 Å². The van der Waals surface area contributed by atoms with E-state index in [1.54, 1.807) is 0 Å². The number of ether oxygens (including phenoxy) is 1. The van der Waals surface area contributed by atoms with Crippen molar-refractivity contribution < 1.29 is 22.7 Å². The van der Waals surface area contributed by atoms with E-state index in [1.807, 2.05) is 6.08 Å². The minimum atomic E-state index is -4.51. The van der Waals surface area contributed by atoms with Crippen LogP contribution >= 0.6 is 0 Å². The maximum Gasteiger partial charge on any atom is 0.433 e. The van der Waals surface area contributed by atoms with E-state index in [9.17, 15) is 18.0 Å². The summed E-state index contributed by atoms with van der Waals surface area (Å²) in [5, 5.41) is 0. The Morgan fingerprint density at radius 3 is 2.71 bits per heavy atom. The molecule has 0 aromatic carbocycles. The van der Waals surface area contributed by atoms with Gasteiger partial charge in [0.1, 0.15) is 5.69 Å². The van der Waals surface area contributed by atoms with E-state index in [0.29, 0.717) is 0 Å². The lowest BCUT2D eigenvalue weighted by Crippen LogP contribution is -2.17. The van der Waals surface area contributed by atoms with Crippen LogP contribution in [0.4, 0.5) is 13.2 Å². The summed E-state index contributed by atoms with van der Waals surface area (Å²) in [6.07, 6.45) is 2.39. The number of halogens is 3. The Bertz CT molecular complexity index is 552. The van der Waals surface area contributed by atoms with Crippen molar-refractivity contribution >= 4 is 5.97 Å². The van der Waals surface area contributed by atoms with Gasteiger partial charge in [-0.3, -0.25) is 0 Å². The molecule has 1 aromatic heterocycles. The highest BCUT2D eigenvalue weighted by atomic mass is 19.4. The molecule has 6 heteroatoms. The highest BCUT2D eigenvalue weighted by molar-refractivity contribution is 5.90. The minimum Gasteiger partial charge on any atom is -0.462 e. The molecule has 21 heavy (non-hydrogen) atoms. The first-order chi connectivity index (χ1) is 9.88. The van der Waals surface area contributed by atoms with Crippen LogP contribution < -0.4 is 0 Å². The van der Waals surface area contributed by atoms with Crippen LogP contribution in [0.5, 0.6) is 0 Å². The first-order valence-corrected chi connectivity index (χ1v) is 6.75. The lowest BCUT2D eigenvalue weighted by atomic mass is 9.95. The van der Waals surface area contributed by atoms with Gasteiger partial charge in [-0.1, -0.05) is 12.2 Å². The van der Waals surface area contributed by atoms with Gasteiger partial charge in [-0.25, -0.2) is 9.78 Å². The van der Waals surface area contributed by atoms with E-state index in [-0.39, 0.29) is 23.8 Å². The molecule has 0 amide bonds. The number of carbonyl (C=O) groups excluding carboxylic acids is 1. The van der Waals surface area contributed by atoms with Crippen LogP contribution in [0, 0.1) is 12.8 Å². The molecule has 0 aliphatic heterocycles. The number of pyridine rings is 1. The number of aromatic nitrogens is 1. The third kappa shape index (κ3) is 4.06. The van der Waals surface area contributed by atoms with Crippen molar-refractivity contribution in [3.05, 3.63) is 41.2 Å². The Morgan fingerprint density at radius 2 is 2.14 bits per heavy atom. The van der Waals surface area contributed by atoms with Crippen molar-refractivity contribution in [1.82, 2.24) is 4.98 Å². The fraction of sp³-hybridized carbons (Fsp3) is 0.467. The van der Waals surface area contributed by atoms with E-state index in [4.69, 9.17) is 4.74 Å². The smallest absolute Gasteiger partial charge is 0.433 e. The Morgan fingerprint density at radius 1 is 1.38 bits per heavy atom. The molecular formula is C15H16F3NO2. The number of esters is 1. The second-order valence-electron chi connectivity index (χ2n) is 5.08. The normalized spacial score (nSPS) is 18.6. The Balaban J connectivity index is 2.00. The average Bonchev–Trinajstić information content (AvgIpc) is 2.45. The second-order valence-corrected chi connectivity index (χ2v) is 5.08. The van der Waals surface area contributed by atoms with Crippen LogP contribution in [-0.2, 0) is 10.9 Å². The molecule has 3 nitrogen and oxygen atoms in total. The number of aryl methyl sites for hydroxylation is 1. The van der Waals surface area contributed by atoms with Crippen molar-refractivity contribution in [2.24, 2.45) is 5.92 Å². The Labute approximate surface area is 120 Å². The lowest BCUT2D eigenvalue weighted by Gasteiger charge is -2.17. The third-order valence-corrected chi connectivity index (χ3v) is 3.42. The van der Waals surface area contributed by atoms with Crippen molar-refractivity contribution in [3.8, 4) is 0 Å². The number of alkyl halides is 3. The number of nitrogens with zero attached hydrogens (tertiary/aromatic N) is 1. The van der Waals surface area contributed by atoms with Crippen molar-refractivity contribution in [3.63, 3.8) is 0 Å². The van der Waals surface area contributed by atoms with E-state index >= 15 is 0 Å². The number of rotatable bonds is 3. The molecule has 1 atom stereocenters. The van der Waals surface area contributed by atoms with Gasteiger partial charge in [0.05, 0.1) is 17.9 Å². The monoisotopic (exact) mass is 299 g/mol. The highest BCUT2D eigenvalue weighted by Crippen LogP contribution is 2.28. The molecule has 1 aliphatic rings. The molecule has 0 saturated heterocycles. The summed E-state index contributed by atoms with van der Waals surface area (Å²) in [6.45, 7) is 1.65. The first-order valence-electron chi connectivity index (χ1n) is 6.75. The minimum absolute atomic E-state index is 0.0263. The second kappa shape index (κ2) is 6.28. The third-order valence-electron chi connectivity index (χ3n) is 3.42. The molecule has 1 aromatic rings. The summed E-state index contributed by atoms with van der Waals surface area (Å²) < 4.78 is 42.7. The van der Waals surface area contributed by atoms with Crippen LogP contribution in [0.3, 0.4) is 0 Å². The molecule has 0 radical (unpaired) electrons. The largest absolute Gasteiger partial charge is 0.462 e. The van der Waals surface area contributed by atoms with Gasteiger partial charge in [0.15, 0.2) is 0 Å². The zero-order valence-electron chi connectivity index (χ0n) is 11.6. The molecule has 114 valence electrons. The summed E-state index contributed by atoms with van der Waals surface area (Å²) in [5.41, 5.74) is -0.901. The summed E-state index contributed by atoms with van der Waals surface area (Å²) in [7, 11) is 0. The van der Waals surface area contributed by atoms with Crippen LogP contribution in [-0.4, -0.2) is 17.6 Å². The quantitative estimate of drug-likeness (QED) is 0.627. The topological polar surface area (TPSA) is 39.2 Å². The summed E-state index contributed by atoms with van der Waals surface area (Å²) >= 11 is 0. The van der Waals surface area contributed by atoms with Gasteiger partial charge < -0.3 is 4.74 Å². The summed E-state index contributed by atoms with van der Waals surface area (Å²) in [6, 6.07) is 1.92. The standard InChI is InChI=1S/C15H16F3NO2/c1-10-12(7-8-13(19-10)15(16,17)18)14(20)21-9-11-5-3-2-4-6-11/h2-3,7-8,11H,4-6,9H2,1H3.